The van der Waals surface area contributed by atoms with Crippen LogP contribution >= 0.6 is 43.5 Å². The Labute approximate surface area is 126 Å². The molecule has 2 rings (SSSR count). The molecule has 1 nitrogen and oxygen atoms in total. The number of benzene rings is 2. The number of hydrogen-bond acceptors (Lipinski definition) is 1. The second kappa shape index (κ2) is 6.04. The Morgan fingerprint density at radius 1 is 1.17 bits per heavy atom. The third-order valence-electron chi connectivity index (χ3n) is 2.29. The van der Waals surface area contributed by atoms with Gasteiger partial charge in [-0.1, -0.05) is 27.5 Å². The smallest absolute Gasteiger partial charge is 0.137 e. The summed E-state index contributed by atoms with van der Waals surface area (Å²) < 4.78 is 19.2. The molecule has 94 valence electrons. The van der Waals surface area contributed by atoms with E-state index in [9.17, 15) is 4.39 Å². The largest absolute Gasteiger partial charge is 0.457 e. The Morgan fingerprint density at radius 3 is 2.61 bits per heavy atom. The first-order chi connectivity index (χ1) is 8.60. The maximum Gasteiger partial charge on any atom is 0.137 e. The molecule has 0 atom stereocenters. The summed E-state index contributed by atoms with van der Waals surface area (Å²) in [7, 11) is 0. The Balaban J connectivity index is 2.30. The number of halogens is 4. The van der Waals surface area contributed by atoms with Gasteiger partial charge >= 0.3 is 0 Å². The van der Waals surface area contributed by atoms with Crippen molar-refractivity contribution in [1.29, 1.82) is 0 Å². The van der Waals surface area contributed by atoms with Gasteiger partial charge in [0, 0.05) is 15.9 Å². The zero-order valence-electron chi connectivity index (χ0n) is 9.09. The van der Waals surface area contributed by atoms with E-state index in [-0.39, 0.29) is 5.82 Å². The lowest BCUT2D eigenvalue weighted by molar-refractivity contribution is 0.476. The van der Waals surface area contributed by atoms with Crippen molar-refractivity contribution in [3.05, 3.63) is 57.3 Å². The van der Waals surface area contributed by atoms with E-state index in [2.05, 4.69) is 31.9 Å². The van der Waals surface area contributed by atoms with E-state index in [1.165, 1.54) is 6.07 Å². The minimum absolute atomic E-state index is 0.320. The van der Waals surface area contributed by atoms with Crippen LogP contribution < -0.4 is 4.74 Å². The summed E-state index contributed by atoms with van der Waals surface area (Å²) in [5.41, 5.74) is 0.933. The van der Waals surface area contributed by atoms with E-state index in [0.717, 1.165) is 5.56 Å². The maximum absolute atomic E-state index is 13.1. The zero-order chi connectivity index (χ0) is 13.1. The monoisotopic (exact) mass is 392 g/mol. The SMILES string of the molecule is Fc1ccc(Oc2ccc(Cl)cc2CBr)cc1Br. The lowest BCUT2D eigenvalue weighted by Gasteiger charge is -2.10. The normalized spacial score (nSPS) is 10.4. The molecule has 2 aromatic rings. The average Bonchev–Trinajstić information content (AvgIpc) is 2.36. The van der Waals surface area contributed by atoms with Crippen molar-refractivity contribution in [2.45, 2.75) is 5.33 Å². The molecule has 0 saturated heterocycles. The van der Waals surface area contributed by atoms with Crippen molar-refractivity contribution in [2.75, 3.05) is 0 Å². The van der Waals surface area contributed by atoms with E-state index in [4.69, 9.17) is 16.3 Å². The van der Waals surface area contributed by atoms with Crippen LogP contribution in [0.4, 0.5) is 4.39 Å². The molecule has 0 aliphatic carbocycles. The van der Waals surface area contributed by atoms with Gasteiger partial charge in [0.2, 0.25) is 0 Å². The molecule has 0 aromatic heterocycles. The second-order valence-corrected chi connectivity index (χ2v) is 5.42. The maximum atomic E-state index is 13.1. The predicted molar refractivity (Wildman–Crippen MR) is 78.3 cm³/mol. The van der Waals surface area contributed by atoms with Crippen molar-refractivity contribution >= 4 is 43.5 Å². The van der Waals surface area contributed by atoms with Crippen molar-refractivity contribution < 1.29 is 9.13 Å². The van der Waals surface area contributed by atoms with E-state index in [0.29, 0.717) is 26.3 Å². The molecule has 0 radical (unpaired) electrons. The van der Waals surface area contributed by atoms with Gasteiger partial charge in [0.25, 0.3) is 0 Å². The van der Waals surface area contributed by atoms with Crippen LogP contribution in [0.15, 0.2) is 40.9 Å². The van der Waals surface area contributed by atoms with Crippen molar-refractivity contribution in [3.63, 3.8) is 0 Å². The van der Waals surface area contributed by atoms with Crippen molar-refractivity contribution in [1.82, 2.24) is 0 Å². The van der Waals surface area contributed by atoms with Crippen LogP contribution in [0.25, 0.3) is 0 Å². The van der Waals surface area contributed by atoms with Gasteiger partial charge in [0.05, 0.1) is 4.47 Å². The first-order valence-corrected chi connectivity index (χ1v) is 7.36. The number of alkyl halides is 1. The number of rotatable bonds is 3. The molecule has 0 unspecified atom stereocenters. The molecular formula is C13H8Br2ClFO. The minimum atomic E-state index is -0.320. The molecule has 2 aromatic carbocycles. The van der Waals surface area contributed by atoms with Crippen LogP contribution in [0.2, 0.25) is 5.02 Å². The highest BCUT2D eigenvalue weighted by atomic mass is 79.9. The molecule has 0 saturated carbocycles. The first-order valence-electron chi connectivity index (χ1n) is 5.07. The van der Waals surface area contributed by atoms with Gasteiger partial charge < -0.3 is 4.74 Å². The summed E-state index contributed by atoms with van der Waals surface area (Å²) in [6.45, 7) is 0. The molecule has 0 fully saturated rings. The fraction of sp³-hybridized carbons (Fsp3) is 0.0769. The fourth-order valence-electron chi connectivity index (χ4n) is 1.42. The minimum Gasteiger partial charge on any atom is -0.457 e. The number of ether oxygens (including phenoxy) is 1. The van der Waals surface area contributed by atoms with Crippen LogP contribution in [0.5, 0.6) is 11.5 Å². The Bertz CT molecular complexity index is 575. The van der Waals surface area contributed by atoms with E-state index in [1.807, 2.05) is 6.07 Å². The van der Waals surface area contributed by atoms with Gasteiger partial charge in [-0.3, -0.25) is 0 Å². The second-order valence-electron chi connectivity index (χ2n) is 3.56. The van der Waals surface area contributed by atoms with Crippen LogP contribution in [-0.2, 0) is 5.33 Å². The molecular weight excluding hydrogens is 386 g/mol. The molecule has 0 aliphatic rings. The van der Waals surface area contributed by atoms with Gasteiger partial charge in [-0.25, -0.2) is 4.39 Å². The lowest BCUT2D eigenvalue weighted by Crippen LogP contribution is -1.90. The summed E-state index contributed by atoms with van der Waals surface area (Å²) in [6, 6.07) is 9.87. The highest BCUT2D eigenvalue weighted by Crippen LogP contribution is 2.31. The molecule has 0 aliphatic heterocycles. The predicted octanol–water partition coefficient (Wildman–Crippen LogP) is 5.93. The summed E-state index contributed by atoms with van der Waals surface area (Å²) >= 11 is 12.4. The van der Waals surface area contributed by atoms with Crippen LogP contribution in [0.1, 0.15) is 5.56 Å². The summed E-state index contributed by atoms with van der Waals surface area (Å²) in [4.78, 5) is 0. The molecule has 18 heavy (non-hydrogen) atoms. The standard InChI is InChI=1S/C13H8Br2ClFO/c14-7-8-5-9(16)1-4-13(8)18-10-2-3-12(17)11(15)6-10/h1-6H,7H2. The molecule has 0 heterocycles. The Kier molecular flexibility index (Phi) is 4.65. The van der Waals surface area contributed by atoms with Gasteiger partial charge in [-0.15, -0.1) is 0 Å². The van der Waals surface area contributed by atoms with Crippen LogP contribution in [0, 0.1) is 5.82 Å². The third-order valence-corrected chi connectivity index (χ3v) is 3.73. The van der Waals surface area contributed by atoms with Crippen molar-refractivity contribution in [2.24, 2.45) is 0 Å². The molecule has 0 amide bonds. The van der Waals surface area contributed by atoms with Crippen LogP contribution in [-0.4, -0.2) is 0 Å². The summed E-state index contributed by atoms with van der Waals surface area (Å²) in [6.07, 6.45) is 0. The highest BCUT2D eigenvalue weighted by Gasteiger charge is 2.07. The lowest BCUT2D eigenvalue weighted by atomic mass is 10.2. The molecule has 0 N–H and O–H groups in total. The average molecular weight is 394 g/mol. The summed E-state index contributed by atoms with van der Waals surface area (Å²) in [5.74, 6) is 0.932. The van der Waals surface area contributed by atoms with E-state index < -0.39 is 0 Å². The van der Waals surface area contributed by atoms with E-state index in [1.54, 1.807) is 24.3 Å². The van der Waals surface area contributed by atoms with Crippen LogP contribution in [0.3, 0.4) is 0 Å². The van der Waals surface area contributed by atoms with Gasteiger partial charge in [-0.05, 0) is 52.3 Å². The van der Waals surface area contributed by atoms with Gasteiger partial charge in [0.1, 0.15) is 17.3 Å². The zero-order valence-corrected chi connectivity index (χ0v) is 13.0. The first kappa shape index (κ1) is 13.8. The van der Waals surface area contributed by atoms with Crippen molar-refractivity contribution in [3.8, 4) is 11.5 Å². The topological polar surface area (TPSA) is 9.23 Å². The van der Waals surface area contributed by atoms with Gasteiger partial charge in [-0.2, -0.15) is 0 Å². The fourth-order valence-corrected chi connectivity index (χ4v) is 2.41. The molecule has 0 spiro atoms. The van der Waals surface area contributed by atoms with E-state index >= 15 is 0 Å². The highest BCUT2D eigenvalue weighted by molar-refractivity contribution is 9.10. The number of hydrogen-bond donors (Lipinski definition) is 0. The molecule has 0 bridgehead atoms. The Hall–Kier alpha value is -0.580. The Morgan fingerprint density at radius 2 is 1.94 bits per heavy atom. The third kappa shape index (κ3) is 3.25. The van der Waals surface area contributed by atoms with Gasteiger partial charge in [0.15, 0.2) is 0 Å². The summed E-state index contributed by atoms with van der Waals surface area (Å²) in [5, 5.41) is 1.28. The molecule has 5 heteroatoms. The quantitative estimate of drug-likeness (QED) is 0.587.